The standard InChI is InChI=1S/C6H13BrGe/c1-4-5-6-8(2,3)7/h4-5H,6H2,1-3H3/b5-4+. The zero-order valence-electron chi connectivity index (χ0n) is 5.74. The number of hydrogen-bond acceptors (Lipinski definition) is 0. The Bertz CT molecular complexity index is 81.0. The van der Waals surface area contributed by atoms with Crippen molar-refractivity contribution in [2.24, 2.45) is 0 Å². The Balaban J connectivity index is 3.39. The van der Waals surface area contributed by atoms with Crippen molar-refractivity contribution in [2.75, 3.05) is 0 Å². The maximum atomic E-state index is 3.72. The molecule has 8 heavy (non-hydrogen) atoms. The van der Waals surface area contributed by atoms with E-state index in [1.165, 1.54) is 5.25 Å². The molecule has 0 aliphatic carbocycles. The number of halogens is 1. The average molecular weight is 238 g/mol. The molecule has 0 aliphatic rings. The van der Waals surface area contributed by atoms with Crippen molar-refractivity contribution in [1.82, 2.24) is 0 Å². The molecular weight excluding hydrogens is 225 g/mol. The zero-order valence-corrected chi connectivity index (χ0v) is 9.42. The van der Waals surface area contributed by atoms with Crippen LogP contribution < -0.4 is 0 Å². The molecule has 0 radical (unpaired) electrons. The Morgan fingerprint density at radius 2 is 2.00 bits per heavy atom. The van der Waals surface area contributed by atoms with E-state index < -0.39 is 11.4 Å². The fourth-order valence-electron chi connectivity index (χ4n) is 0.398. The second kappa shape index (κ2) is 3.73. The van der Waals surface area contributed by atoms with E-state index in [1.807, 2.05) is 0 Å². The second-order valence-corrected chi connectivity index (χ2v) is 21.7. The first-order chi connectivity index (χ1) is 3.56. The Kier molecular flexibility index (Phi) is 4.08. The molecular formula is C6H13BrGe. The molecule has 0 aromatic rings. The van der Waals surface area contributed by atoms with Crippen LogP contribution in [0.5, 0.6) is 0 Å². The van der Waals surface area contributed by atoms with E-state index >= 15 is 0 Å². The Morgan fingerprint density at radius 3 is 2.12 bits per heavy atom. The van der Waals surface area contributed by atoms with Crippen molar-refractivity contribution in [3.8, 4) is 0 Å². The van der Waals surface area contributed by atoms with Gasteiger partial charge in [-0.3, -0.25) is 0 Å². The van der Waals surface area contributed by atoms with Crippen LogP contribution in [0.25, 0.3) is 0 Å². The zero-order chi connectivity index (χ0) is 6.62. The van der Waals surface area contributed by atoms with Crippen LogP contribution in [0, 0.1) is 0 Å². The van der Waals surface area contributed by atoms with E-state index in [0.717, 1.165) is 0 Å². The van der Waals surface area contributed by atoms with E-state index in [0.29, 0.717) is 0 Å². The molecule has 0 saturated heterocycles. The van der Waals surface area contributed by atoms with Crippen molar-refractivity contribution in [3.63, 3.8) is 0 Å². The van der Waals surface area contributed by atoms with Gasteiger partial charge < -0.3 is 0 Å². The summed E-state index contributed by atoms with van der Waals surface area (Å²) in [6, 6.07) is 0. The molecule has 0 saturated carbocycles. The predicted molar refractivity (Wildman–Crippen MR) is 46.0 cm³/mol. The molecule has 0 aromatic heterocycles. The molecule has 0 atom stereocenters. The Morgan fingerprint density at radius 1 is 1.50 bits per heavy atom. The number of allylic oxidation sites excluding steroid dienone is 2. The molecule has 0 unspecified atom stereocenters. The van der Waals surface area contributed by atoms with Gasteiger partial charge in [-0.1, -0.05) is 0 Å². The van der Waals surface area contributed by atoms with E-state index in [4.69, 9.17) is 0 Å². The summed E-state index contributed by atoms with van der Waals surface area (Å²) in [6.45, 7) is 2.07. The molecule has 0 bridgehead atoms. The maximum absolute atomic E-state index is 3.72. The normalized spacial score (nSPS) is 13.0. The molecule has 0 nitrogen and oxygen atoms in total. The van der Waals surface area contributed by atoms with Crippen LogP contribution in [0.3, 0.4) is 0 Å². The van der Waals surface area contributed by atoms with Crippen molar-refractivity contribution in [1.29, 1.82) is 0 Å². The molecule has 0 rings (SSSR count). The Labute approximate surface area is 61.3 Å². The molecule has 0 aliphatic heterocycles. The van der Waals surface area contributed by atoms with Crippen molar-refractivity contribution < 1.29 is 0 Å². The minimum absolute atomic E-state index is 1.29. The summed E-state index contributed by atoms with van der Waals surface area (Å²) in [4.78, 5) is 0. The number of rotatable bonds is 2. The van der Waals surface area contributed by atoms with Crippen LogP contribution in [0.4, 0.5) is 0 Å². The summed E-state index contributed by atoms with van der Waals surface area (Å²) in [5, 5.41) is 1.29. The third kappa shape index (κ3) is 6.76. The van der Waals surface area contributed by atoms with Gasteiger partial charge in [-0.25, -0.2) is 0 Å². The molecule has 0 N–H and O–H groups in total. The summed E-state index contributed by atoms with van der Waals surface area (Å²) in [5.74, 6) is 4.69. The topological polar surface area (TPSA) is 0 Å². The van der Waals surface area contributed by atoms with Crippen LogP contribution in [-0.2, 0) is 0 Å². The third-order valence-electron chi connectivity index (χ3n) is 0.839. The van der Waals surface area contributed by atoms with Gasteiger partial charge in [-0.05, 0) is 0 Å². The average Bonchev–Trinajstić information content (AvgIpc) is 1.59. The van der Waals surface area contributed by atoms with E-state index in [9.17, 15) is 0 Å². The van der Waals surface area contributed by atoms with Crippen LogP contribution >= 0.6 is 14.0 Å². The SMILES string of the molecule is C/C=C/[CH2][Ge]([CH3])([CH3])[Br]. The fourth-order valence-corrected chi connectivity index (χ4v) is 3.04. The molecule has 0 amide bonds. The van der Waals surface area contributed by atoms with Gasteiger partial charge in [0, 0.05) is 0 Å². The van der Waals surface area contributed by atoms with Gasteiger partial charge in [0.25, 0.3) is 0 Å². The van der Waals surface area contributed by atoms with Crippen LogP contribution in [0.1, 0.15) is 6.92 Å². The number of hydrogen-bond donors (Lipinski definition) is 0. The molecule has 0 spiro atoms. The molecule has 0 aromatic carbocycles. The second-order valence-electron chi connectivity index (χ2n) is 2.49. The van der Waals surface area contributed by atoms with Crippen molar-refractivity contribution >= 4 is 25.4 Å². The third-order valence-corrected chi connectivity index (χ3v) is 5.05. The van der Waals surface area contributed by atoms with Gasteiger partial charge in [-0.2, -0.15) is 0 Å². The predicted octanol–water partition coefficient (Wildman–Crippen LogP) is 3.16. The minimum atomic E-state index is -1.38. The molecule has 0 heterocycles. The van der Waals surface area contributed by atoms with Crippen LogP contribution in [0.2, 0.25) is 16.8 Å². The van der Waals surface area contributed by atoms with Gasteiger partial charge in [0.15, 0.2) is 0 Å². The van der Waals surface area contributed by atoms with E-state index in [1.54, 1.807) is 0 Å². The summed E-state index contributed by atoms with van der Waals surface area (Å²) < 4.78 is 0. The summed E-state index contributed by atoms with van der Waals surface area (Å²) in [5.41, 5.74) is 0. The fraction of sp³-hybridized carbons (Fsp3) is 0.667. The molecule has 0 fully saturated rings. The first-order valence-corrected chi connectivity index (χ1v) is 13.5. The molecule has 48 valence electrons. The first-order valence-electron chi connectivity index (χ1n) is 2.86. The van der Waals surface area contributed by atoms with Gasteiger partial charge in [-0.15, -0.1) is 0 Å². The summed E-state index contributed by atoms with van der Waals surface area (Å²) in [6.07, 6.45) is 4.36. The molecule has 2 heteroatoms. The van der Waals surface area contributed by atoms with Crippen molar-refractivity contribution in [2.45, 2.75) is 23.7 Å². The van der Waals surface area contributed by atoms with Gasteiger partial charge >= 0.3 is 61.3 Å². The summed E-state index contributed by atoms with van der Waals surface area (Å²) >= 11 is 2.33. The van der Waals surface area contributed by atoms with Crippen LogP contribution in [-0.4, -0.2) is 11.4 Å². The van der Waals surface area contributed by atoms with E-state index in [-0.39, 0.29) is 0 Å². The quantitative estimate of drug-likeness (QED) is 0.511. The van der Waals surface area contributed by atoms with Gasteiger partial charge in [0.1, 0.15) is 0 Å². The van der Waals surface area contributed by atoms with Gasteiger partial charge in [0.2, 0.25) is 0 Å². The first kappa shape index (κ1) is 8.76. The monoisotopic (exact) mass is 238 g/mol. The Hall–Kier alpha value is 0.763. The van der Waals surface area contributed by atoms with Crippen molar-refractivity contribution in [3.05, 3.63) is 12.2 Å². The summed E-state index contributed by atoms with van der Waals surface area (Å²) in [7, 11) is 0. The van der Waals surface area contributed by atoms with E-state index in [2.05, 4.69) is 44.6 Å². The van der Waals surface area contributed by atoms with Gasteiger partial charge in [0.05, 0.1) is 0 Å². The van der Waals surface area contributed by atoms with Crippen LogP contribution in [0.15, 0.2) is 12.2 Å².